The van der Waals surface area contributed by atoms with E-state index in [4.69, 9.17) is 4.74 Å². The predicted molar refractivity (Wildman–Crippen MR) is 170 cm³/mol. The van der Waals surface area contributed by atoms with Gasteiger partial charge in [-0.1, -0.05) is 84.9 Å². The van der Waals surface area contributed by atoms with Crippen molar-refractivity contribution >= 4 is 23.7 Å². The third kappa shape index (κ3) is 8.68. The van der Waals surface area contributed by atoms with E-state index >= 15 is 0 Å². The summed E-state index contributed by atoms with van der Waals surface area (Å²) >= 11 is 0. The van der Waals surface area contributed by atoms with E-state index in [1.165, 1.54) is 7.11 Å². The van der Waals surface area contributed by atoms with E-state index < -0.39 is 41.0 Å². The van der Waals surface area contributed by atoms with Gasteiger partial charge in [-0.25, -0.2) is 4.79 Å². The number of carbonyl (C=O) groups is 4. The van der Waals surface area contributed by atoms with Crippen LogP contribution in [0.15, 0.2) is 42.0 Å². The lowest BCUT2D eigenvalue weighted by Crippen LogP contribution is -2.61. The molecule has 1 aromatic rings. The maximum absolute atomic E-state index is 14.1. The van der Waals surface area contributed by atoms with Crippen LogP contribution >= 0.6 is 0 Å². The fraction of sp³-hybridized carbons (Fsp3) is 0.647. The summed E-state index contributed by atoms with van der Waals surface area (Å²) in [6.45, 7) is 16.0. The Hall–Kier alpha value is -3.20. The van der Waals surface area contributed by atoms with E-state index in [0.717, 1.165) is 18.4 Å². The van der Waals surface area contributed by atoms with Gasteiger partial charge in [0.15, 0.2) is 0 Å². The second-order valence-corrected chi connectivity index (χ2v) is 13.7. The number of amides is 3. The summed E-state index contributed by atoms with van der Waals surface area (Å²) in [5.41, 5.74) is 0.335. The third-order valence-corrected chi connectivity index (χ3v) is 8.66. The van der Waals surface area contributed by atoms with Crippen molar-refractivity contribution in [2.24, 2.45) is 11.3 Å². The van der Waals surface area contributed by atoms with Crippen LogP contribution in [0.5, 0.6) is 0 Å². The van der Waals surface area contributed by atoms with Crippen LogP contribution in [0.3, 0.4) is 0 Å². The summed E-state index contributed by atoms with van der Waals surface area (Å²) < 4.78 is 4.96. The minimum Gasteiger partial charge on any atom is -0.467 e. The van der Waals surface area contributed by atoms with E-state index in [9.17, 15) is 19.2 Å². The fourth-order valence-electron chi connectivity index (χ4n) is 5.94. The van der Waals surface area contributed by atoms with Gasteiger partial charge in [0.1, 0.15) is 12.1 Å². The summed E-state index contributed by atoms with van der Waals surface area (Å²) in [7, 11) is 4.80. The number of carbonyl (C=O) groups excluding carboxylic acids is 4. The van der Waals surface area contributed by atoms with Crippen molar-refractivity contribution in [1.29, 1.82) is 0 Å². The summed E-state index contributed by atoms with van der Waals surface area (Å²) in [4.78, 5) is 57.0. The van der Waals surface area contributed by atoms with Gasteiger partial charge < -0.3 is 25.2 Å². The quantitative estimate of drug-likeness (QED) is 0.294. The molecule has 0 radical (unpaired) electrons. The molecule has 1 aliphatic heterocycles. The lowest BCUT2D eigenvalue weighted by molar-refractivity contribution is -0.153. The molecule has 0 bridgehead atoms. The highest BCUT2D eigenvalue weighted by atomic mass is 16.5. The first kappa shape index (κ1) is 36.0. The Bertz CT molecular complexity index is 1160. The van der Waals surface area contributed by atoms with Crippen LogP contribution < -0.4 is 10.6 Å². The monoisotopic (exact) mass is 598 g/mol. The van der Waals surface area contributed by atoms with Gasteiger partial charge >= 0.3 is 5.97 Å². The molecule has 4 atom stereocenters. The minimum absolute atomic E-state index is 0.0205. The number of benzene rings is 1. The second-order valence-electron chi connectivity index (χ2n) is 13.7. The van der Waals surface area contributed by atoms with Gasteiger partial charge in [0, 0.05) is 24.6 Å². The van der Waals surface area contributed by atoms with Gasteiger partial charge in [0.2, 0.25) is 17.7 Å². The maximum Gasteiger partial charge on any atom is 0.328 e. The highest BCUT2D eigenvalue weighted by molar-refractivity contribution is 5.96. The van der Waals surface area contributed by atoms with Crippen molar-refractivity contribution in [3.05, 3.63) is 47.5 Å². The SMILES string of the molecule is CN[C@H](C(=O)N[C@H](C(=O)N(C)[C@H](/C=C(\C)C(=O)N1CCCC[C@@H]1C(=O)OC)C(C)C)C(C)(C)C)C(C)(C)c1ccccc1. The highest BCUT2D eigenvalue weighted by Crippen LogP contribution is 2.29. The summed E-state index contributed by atoms with van der Waals surface area (Å²) in [6.07, 6.45) is 4.05. The van der Waals surface area contributed by atoms with E-state index in [1.54, 1.807) is 30.8 Å². The van der Waals surface area contributed by atoms with Crippen molar-refractivity contribution in [2.75, 3.05) is 27.7 Å². The van der Waals surface area contributed by atoms with Crippen LogP contribution in [0.2, 0.25) is 0 Å². The first-order valence-corrected chi connectivity index (χ1v) is 15.4. The molecule has 0 aromatic heterocycles. The highest BCUT2D eigenvalue weighted by Gasteiger charge is 2.42. The summed E-state index contributed by atoms with van der Waals surface area (Å²) in [5.74, 6) is -1.17. The molecule has 1 aromatic carbocycles. The number of hydrogen-bond donors (Lipinski definition) is 2. The molecular formula is C34H54N4O5. The molecule has 1 saturated heterocycles. The van der Waals surface area contributed by atoms with Crippen LogP contribution in [0, 0.1) is 11.3 Å². The zero-order valence-electron chi connectivity index (χ0n) is 28.1. The van der Waals surface area contributed by atoms with Gasteiger partial charge in [-0.3, -0.25) is 14.4 Å². The number of likely N-dealkylation sites (tertiary alicyclic amines) is 1. The van der Waals surface area contributed by atoms with Crippen LogP contribution in [-0.4, -0.2) is 85.4 Å². The predicted octanol–water partition coefficient (Wildman–Crippen LogP) is 4.07. The average molecular weight is 599 g/mol. The van der Waals surface area contributed by atoms with Crippen LogP contribution in [0.4, 0.5) is 0 Å². The fourth-order valence-corrected chi connectivity index (χ4v) is 5.94. The number of ether oxygens (including phenoxy) is 1. The Kier molecular flexibility index (Phi) is 12.6. The molecule has 43 heavy (non-hydrogen) atoms. The van der Waals surface area contributed by atoms with Gasteiger partial charge in [0.05, 0.1) is 19.2 Å². The van der Waals surface area contributed by atoms with Crippen molar-refractivity contribution in [3.8, 4) is 0 Å². The van der Waals surface area contributed by atoms with Crippen LogP contribution in [-0.2, 0) is 29.3 Å². The zero-order chi connectivity index (χ0) is 32.7. The average Bonchev–Trinajstić information content (AvgIpc) is 2.96. The molecule has 1 aliphatic rings. The molecule has 2 N–H and O–H groups in total. The topological polar surface area (TPSA) is 108 Å². The van der Waals surface area contributed by atoms with Gasteiger partial charge in [-0.05, 0) is 50.1 Å². The Labute approximate surface area is 258 Å². The largest absolute Gasteiger partial charge is 0.467 e. The van der Waals surface area contributed by atoms with Crippen molar-refractivity contribution in [3.63, 3.8) is 0 Å². The molecule has 0 spiro atoms. The number of likely N-dealkylation sites (N-methyl/N-ethyl adjacent to an activating group) is 2. The van der Waals surface area contributed by atoms with Crippen LogP contribution in [0.25, 0.3) is 0 Å². The Morgan fingerprint density at radius 3 is 2.14 bits per heavy atom. The third-order valence-electron chi connectivity index (χ3n) is 8.66. The number of methoxy groups -OCH3 is 1. The first-order valence-electron chi connectivity index (χ1n) is 15.4. The van der Waals surface area contributed by atoms with E-state index in [1.807, 2.05) is 84.9 Å². The Morgan fingerprint density at radius 2 is 1.63 bits per heavy atom. The Balaban J connectivity index is 2.35. The first-order chi connectivity index (χ1) is 20.0. The lowest BCUT2D eigenvalue weighted by atomic mass is 9.76. The molecule has 0 unspecified atom stereocenters. The second kappa shape index (κ2) is 15.0. The van der Waals surface area contributed by atoms with E-state index in [-0.39, 0.29) is 23.6 Å². The number of nitrogens with one attached hydrogen (secondary N) is 2. The summed E-state index contributed by atoms with van der Waals surface area (Å²) in [6, 6.07) is 7.41. The number of rotatable bonds is 11. The van der Waals surface area contributed by atoms with Crippen molar-refractivity contribution in [1.82, 2.24) is 20.4 Å². The molecule has 9 nitrogen and oxygen atoms in total. The normalized spacial score (nSPS) is 18.5. The zero-order valence-corrected chi connectivity index (χ0v) is 28.1. The summed E-state index contributed by atoms with van der Waals surface area (Å²) in [5, 5.41) is 6.24. The standard InChI is InChI=1S/C34H54N4O5/c1-22(2)26(21-23(3)30(40)38-20-16-15-19-25(38)32(42)43-11)37(10)31(41)28(33(4,5)6)36-29(39)27(35-9)34(7,8)24-17-13-12-14-18-24/h12-14,17-18,21-22,25-28,35H,15-16,19-20H2,1-11H3,(H,36,39)/b23-21+/t25-,26-,27-,28-/m1/s1. The van der Waals surface area contributed by atoms with Crippen LogP contribution in [0.1, 0.15) is 80.2 Å². The minimum atomic E-state index is -0.816. The number of esters is 1. The van der Waals surface area contributed by atoms with E-state index in [0.29, 0.717) is 18.5 Å². The lowest BCUT2D eigenvalue weighted by Gasteiger charge is -2.40. The maximum atomic E-state index is 14.1. The van der Waals surface area contributed by atoms with Crippen molar-refractivity contribution < 1.29 is 23.9 Å². The molecule has 3 amide bonds. The van der Waals surface area contributed by atoms with E-state index in [2.05, 4.69) is 10.6 Å². The van der Waals surface area contributed by atoms with Crippen molar-refractivity contribution in [2.45, 2.75) is 104 Å². The molecule has 240 valence electrons. The molecule has 1 fully saturated rings. The molecule has 0 saturated carbocycles. The molecular weight excluding hydrogens is 544 g/mol. The number of hydrogen-bond acceptors (Lipinski definition) is 6. The van der Waals surface area contributed by atoms with Gasteiger partial charge in [0.25, 0.3) is 0 Å². The molecule has 9 heteroatoms. The van der Waals surface area contributed by atoms with Gasteiger partial charge in [-0.2, -0.15) is 0 Å². The number of piperidine rings is 1. The molecule has 2 rings (SSSR count). The molecule has 1 heterocycles. The number of nitrogens with zero attached hydrogens (tertiary/aromatic N) is 2. The van der Waals surface area contributed by atoms with Gasteiger partial charge in [-0.15, -0.1) is 0 Å². The molecule has 0 aliphatic carbocycles. The smallest absolute Gasteiger partial charge is 0.328 e. The Morgan fingerprint density at radius 1 is 1.02 bits per heavy atom.